The summed E-state index contributed by atoms with van der Waals surface area (Å²) in [4.78, 5) is 2.12. The van der Waals surface area contributed by atoms with E-state index in [-0.39, 0.29) is 12.4 Å². The van der Waals surface area contributed by atoms with Gasteiger partial charge in [-0.1, -0.05) is 18.2 Å². The van der Waals surface area contributed by atoms with Gasteiger partial charge in [0.15, 0.2) is 0 Å². The zero-order valence-electron chi connectivity index (χ0n) is 13.9. The zero-order chi connectivity index (χ0) is 17.0. The lowest BCUT2D eigenvalue weighted by molar-refractivity contribution is -0.152. The minimum Gasteiger partial charge on any atom is -0.393 e. The molecule has 1 aromatic carbocycles. The standard InChI is InChI=1S/C18H26FNO4/c19-16-4-2-1-3-15(16)11-18(14-21)13-20(7-10-24-18)12-17(22)5-8-23-9-6-17/h1-4,21-22H,5-14H2. The molecule has 0 radical (unpaired) electrons. The third kappa shape index (κ3) is 4.13. The van der Waals surface area contributed by atoms with Crippen molar-refractivity contribution in [1.82, 2.24) is 4.90 Å². The van der Waals surface area contributed by atoms with E-state index in [1.165, 1.54) is 6.07 Å². The molecule has 0 aliphatic carbocycles. The molecule has 0 amide bonds. The Morgan fingerprint density at radius 2 is 1.92 bits per heavy atom. The summed E-state index contributed by atoms with van der Waals surface area (Å²) in [5.41, 5.74) is -1.05. The van der Waals surface area contributed by atoms with Crippen LogP contribution in [0.25, 0.3) is 0 Å². The highest BCUT2D eigenvalue weighted by atomic mass is 19.1. The van der Waals surface area contributed by atoms with Crippen LogP contribution in [0.4, 0.5) is 4.39 Å². The largest absolute Gasteiger partial charge is 0.393 e. The summed E-state index contributed by atoms with van der Waals surface area (Å²) in [6, 6.07) is 6.58. The van der Waals surface area contributed by atoms with Gasteiger partial charge in [-0.2, -0.15) is 0 Å². The van der Waals surface area contributed by atoms with E-state index >= 15 is 0 Å². The van der Waals surface area contributed by atoms with E-state index < -0.39 is 11.2 Å². The Morgan fingerprint density at radius 1 is 1.17 bits per heavy atom. The van der Waals surface area contributed by atoms with E-state index in [9.17, 15) is 14.6 Å². The van der Waals surface area contributed by atoms with Gasteiger partial charge in [0.1, 0.15) is 11.4 Å². The maximum Gasteiger partial charge on any atom is 0.126 e. The van der Waals surface area contributed by atoms with Gasteiger partial charge in [-0.25, -0.2) is 4.39 Å². The number of morpholine rings is 1. The van der Waals surface area contributed by atoms with Crippen LogP contribution in [-0.4, -0.2) is 72.4 Å². The lowest BCUT2D eigenvalue weighted by Gasteiger charge is -2.45. The lowest BCUT2D eigenvalue weighted by Crippen LogP contribution is -2.59. The molecule has 3 rings (SSSR count). The van der Waals surface area contributed by atoms with E-state index in [0.717, 1.165) is 0 Å². The summed E-state index contributed by atoms with van der Waals surface area (Å²) >= 11 is 0. The Bertz CT molecular complexity index is 550. The number of aliphatic hydroxyl groups excluding tert-OH is 1. The molecule has 1 atom stereocenters. The molecule has 2 fully saturated rings. The van der Waals surface area contributed by atoms with Gasteiger partial charge >= 0.3 is 0 Å². The summed E-state index contributed by atoms with van der Waals surface area (Å²) in [6.45, 7) is 3.12. The first kappa shape index (κ1) is 17.8. The van der Waals surface area contributed by atoms with Gasteiger partial charge < -0.3 is 19.7 Å². The summed E-state index contributed by atoms with van der Waals surface area (Å²) in [6.07, 6.45) is 1.54. The van der Waals surface area contributed by atoms with Gasteiger partial charge in [-0.3, -0.25) is 4.90 Å². The molecule has 2 saturated heterocycles. The van der Waals surface area contributed by atoms with Gasteiger partial charge in [-0.05, 0) is 11.6 Å². The van der Waals surface area contributed by atoms with Crippen LogP contribution in [0.5, 0.6) is 0 Å². The number of β-amino-alcohol motifs (C(OH)–C–C–N with tert-alkyl or cyclic N) is 1. The maximum atomic E-state index is 14.0. The number of ether oxygens (including phenoxy) is 2. The van der Waals surface area contributed by atoms with Gasteiger partial charge in [0.05, 0.1) is 18.8 Å². The highest BCUT2D eigenvalue weighted by molar-refractivity contribution is 5.20. The predicted octanol–water partition coefficient (Wildman–Crippen LogP) is 0.973. The number of rotatable bonds is 5. The molecule has 6 heteroatoms. The Hall–Kier alpha value is -1.05. The van der Waals surface area contributed by atoms with E-state index in [1.54, 1.807) is 18.2 Å². The lowest BCUT2D eigenvalue weighted by atomic mass is 9.90. The first-order chi connectivity index (χ1) is 11.5. The molecule has 0 saturated carbocycles. The number of aliphatic hydroxyl groups is 2. The van der Waals surface area contributed by atoms with Crippen molar-refractivity contribution in [2.24, 2.45) is 0 Å². The van der Waals surface area contributed by atoms with E-state index in [1.807, 2.05) is 0 Å². The fourth-order valence-corrected chi connectivity index (χ4v) is 3.63. The van der Waals surface area contributed by atoms with Crippen molar-refractivity contribution in [3.05, 3.63) is 35.6 Å². The fourth-order valence-electron chi connectivity index (χ4n) is 3.63. The van der Waals surface area contributed by atoms with Crippen molar-refractivity contribution in [3.8, 4) is 0 Å². The molecule has 2 aliphatic rings. The minimum absolute atomic E-state index is 0.181. The number of hydrogen-bond donors (Lipinski definition) is 2. The Balaban J connectivity index is 1.68. The van der Waals surface area contributed by atoms with Crippen LogP contribution in [0.3, 0.4) is 0 Å². The minimum atomic E-state index is -0.831. The summed E-state index contributed by atoms with van der Waals surface area (Å²) in [7, 11) is 0. The van der Waals surface area contributed by atoms with Crippen LogP contribution < -0.4 is 0 Å². The van der Waals surface area contributed by atoms with E-state index in [2.05, 4.69) is 4.90 Å². The van der Waals surface area contributed by atoms with Gasteiger partial charge in [0, 0.05) is 52.1 Å². The average molecular weight is 339 g/mol. The Labute approximate surface area is 142 Å². The quantitative estimate of drug-likeness (QED) is 0.837. The van der Waals surface area contributed by atoms with Crippen LogP contribution in [0.15, 0.2) is 24.3 Å². The van der Waals surface area contributed by atoms with Gasteiger partial charge in [0.2, 0.25) is 0 Å². The maximum absolute atomic E-state index is 14.0. The Morgan fingerprint density at radius 3 is 2.62 bits per heavy atom. The van der Waals surface area contributed by atoms with Crippen LogP contribution in [-0.2, 0) is 15.9 Å². The molecule has 0 aromatic heterocycles. The first-order valence-electron chi connectivity index (χ1n) is 8.55. The molecule has 2 aliphatic heterocycles. The topological polar surface area (TPSA) is 62.2 Å². The molecule has 5 nitrogen and oxygen atoms in total. The molecule has 24 heavy (non-hydrogen) atoms. The van der Waals surface area contributed by atoms with Gasteiger partial charge in [0.25, 0.3) is 0 Å². The second kappa shape index (κ2) is 7.45. The van der Waals surface area contributed by atoms with Crippen LogP contribution in [0.2, 0.25) is 0 Å². The van der Waals surface area contributed by atoms with Crippen LogP contribution in [0, 0.1) is 5.82 Å². The summed E-state index contributed by atoms with van der Waals surface area (Å²) < 4.78 is 25.2. The van der Waals surface area contributed by atoms with Crippen molar-refractivity contribution in [2.75, 3.05) is 46.1 Å². The second-order valence-corrected chi connectivity index (χ2v) is 7.01. The Kier molecular flexibility index (Phi) is 5.52. The van der Waals surface area contributed by atoms with Crippen molar-refractivity contribution in [2.45, 2.75) is 30.5 Å². The summed E-state index contributed by atoms with van der Waals surface area (Å²) in [5, 5.41) is 20.6. The third-order valence-electron chi connectivity index (χ3n) is 5.03. The molecule has 1 aromatic rings. The number of halogens is 1. The predicted molar refractivity (Wildman–Crippen MR) is 87.3 cm³/mol. The average Bonchev–Trinajstić information content (AvgIpc) is 2.57. The van der Waals surface area contributed by atoms with E-state index in [0.29, 0.717) is 64.3 Å². The zero-order valence-corrected chi connectivity index (χ0v) is 13.9. The molecule has 0 spiro atoms. The molecule has 134 valence electrons. The second-order valence-electron chi connectivity index (χ2n) is 7.01. The smallest absolute Gasteiger partial charge is 0.126 e. The molecule has 2 heterocycles. The normalized spacial score (nSPS) is 28.0. The molecule has 2 N–H and O–H groups in total. The first-order valence-corrected chi connectivity index (χ1v) is 8.55. The van der Waals surface area contributed by atoms with E-state index in [4.69, 9.17) is 9.47 Å². The molecule has 1 unspecified atom stereocenters. The molecular weight excluding hydrogens is 313 g/mol. The van der Waals surface area contributed by atoms with Crippen molar-refractivity contribution >= 4 is 0 Å². The monoisotopic (exact) mass is 339 g/mol. The highest BCUT2D eigenvalue weighted by Crippen LogP contribution is 2.28. The SMILES string of the molecule is OCC1(Cc2ccccc2F)CN(CC2(O)CCOCC2)CCO1. The molecular formula is C18H26FNO4. The number of benzene rings is 1. The number of hydrogen-bond acceptors (Lipinski definition) is 5. The third-order valence-corrected chi connectivity index (χ3v) is 5.03. The molecule has 0 bridgehead atoms. The van der Waals surface area contributed by atoms with Crippen molar-refractivity contribution in [3.63, 3.8) is 0 Å². The van der Waals surface area contributed by atoms with Crippen molar-refractivity contribution in [1.29, 1.82) is 0 Å². The highest BCUT2D eigenvalue weighted by Gasteiger charge is 2.40. The van der Waals surface area contributed by atoms with Gasteiger partial charge in [-0.15, -0.1) is 0 Å². The summed E-state index contributed by atoms with van der Waals surface area (Å²) in [5.74, 6) is -0.283. The van der Waals surface area contributed by atoms with Crippen LogP contribution in [0.1, 0.15) is 18.4 Å². The van der Waals surface area contributed by atoms with Crippen LogP contribution >= 0.6 is 0 Å². The number of nitrogens with zero attached hydrogens (tertiary/aromatic N) is 1. The van der Waals surface area contributed by atoms with Crippen molar-refractivity contribution < 1.29 is 24.1 Å². The fraction of sp³-hybridized carbons (Fsp3) is 0.667.